The summed E-state index contributed by atoms with van der Waals surface area (Å²) in [4.78, 5) is 8.00. The molecule has 1 radical (unpaired) electrons. The summed E-state index contributed by atoms with van der Waals surface area (Å²) in [7, 11) is 0. The summed E-state index contributed by atoms with van der Waals surface area (Å²) in [6.07, 6.45) is 0. The number of hydrogen-bond acceptors (Lipinski definition) is 4. The number of rotatable bonds is 0. The largest absolute Gasteiger partial charge is 2.00 e. The van der Waals surface area contributed by atoms with E-state index in [9.17, 15) is 0 Å². The van der Waals surface area contributed by atoms with Crippen molar-refractivity contribution in [1.29, 1.82) is 0 Å². The molecule has 41 valence electrons. The van der Waals surface area contributed by atoms with E-state index in [0.29, 0.717) is 0 Å². The van der Waals surface area contributed by atoms with Crippen molar-refractivity contribution in [2.75, 3.05) is 0 Å². The molecule has 0 aliphatic rings. The smallest absolute Gasteiger partial charge is 0.811 e. The van der Waals surface area contributed by atoms with Gasteiger partial charge in [-0.1, -0.05) is 0 Å². The molecule has 0 N–H and O–H groups in total. The molecular weight excluding hydrogens is 156 g/mol. The Morgan fingerprint density at radius 2 is 1.33 bits per heavy atom. The Labute approximate surface area is 50.6 Å². The molecule has 6 heavy (non-hydrogen) atoms. The van der Waals surface area contributed by atoms with Crippen LogP contribution in [0.2, 0.25) is 0 Å². The van der Waals surface area contributed by atoms with Crippen molar-refractivity contribution in [2.24, 2.45) is 0 Å². The first-order valence-electron chi connectivity index (χ1n) is 0.622. The number of carbonyl (C=O) groups is 1. The van der Waals surface area contributed by atoms with E-state index < -0.39 is 12.3 Å². The molecule has 0 aromatic carbocycles. The van der Waals surface area contributed by atoms with Crippen LogP contribution in [0.25, 0.3) is 0 Å². The SMILES string of the molecule is C=O.[Cu+2].[O-]S[O-]. The van der Waals surface area contributed by atoms with E-state index in [0.717, 1.165) is 0 Å². The Balaban J connectivity index is -0.0000000275. The van der Waals surface area contributed by atoms with Crippen LogP contribution in [0.3, 0.4) is 0 Å². The van der Waals surface area contributed by atoms with Crippen molar-refractivity contribution in [3.8, 4) is 0 Å². The fourth-order valence-corrected chi connectivity index (χ4v) is 0. The fraction of sp³-hybridized carbons (Fsp3) is 0. The molecule has 0 aromatic heterocycles. The van der Waals surface area contributed by atoms with Crippen LogP contribution < -0.4 is 0 Å². The van der Waals surface area contributed by atoms with E-state index in [4.69, 9.17) is 13.9 Å². The predicted molar refractivity (Wildman–Crippen MR) is 16.3 cm³/mol. The molecule has 0 saturated carbocycles. The molecule has 0 rings (SSSR count). The van der Waals surface area contributed by atoms with E-state index in [1.165, 1.54) is 0 Å². The van der Waals surface area contributed by atoms with Crippen LogP contribution >= 0.6 is 12.3 Å². The zero-order valence-electron chi connectivity index (χ0n) is 2.64. The predicted octanol–water partition coefficient (Wildman–Crippen LogP) is -0.207. The first kappa shape index (κ1) is 16.1. The summed E-state index contributed by atoms with van der Waals surface area (Å²) >= 11 is -0.750. The summed E-state index contributed by atoms with van der Waals surface area (Å²) in [5.74, 6) is 0. The van der Waals surface area contributed by atoms with Crippen LogP contribution in [0.5, 0.6) is 0 Å². The third-order valence-corrected chi connectivity index (χ3v) is 0. The molecule has 0 unspecified atom stereocenters. The quantitative estimate of drug-likeness (QED) is 0.361. The maximum Gasteiger partial charge on any atom is 2.00 e. The van der Waals surface area contributed by atoms with Crippen LogP contribution in [-0.2, 0) is 21.9 Å². The van der Waals surface area contributed by atoms with Gasteiger partial charge in [-0.15, -0.1) is 0 Å². The molecule has 5 heteroatoms. The molecule has 0 aromatic rings. The second-order valence-corrected chi connectivity index (χ2v) is 0.204. The van der Waals surface area contributed by atoms with Crippen molar-refractivity contribution in [2.45, 2.75) is 0 Å². The van der Waals surface area contributed by atoms with Crippen LogP contribution in [0, 0.1) is 0 Å². The summed E-state index contributed by atoms with van der Waals surface area (Å²) in [6, 6.07) is 0. The van der Waals surface area contributed by atoms with E-state index >= 15 is 0 Å². The van der Waals surface area contributed by atoms with Crippen LogP contribution in [-0.4, -0.2) is 15.9 Å². The van der Waals surface area contributed by atoms with Gasteiger partial charge < -0.3 is 26.2 Å². The Hall–Kier alpha value is 0.459. The topological polar surface area (TPSA) is 63.2 Å². The molecule has 0 heterocycles. The van der Waals surface area contributed by atoms with Gasteiger partial charge in [0.15, 0.2) is 0 Å². The fourth-order valence-electron chi connectivity index (χ4n) is 0. The zero-order chi connectivity index (χ0) is 4.71. The minimum Gasteiger partial charge on any atom is -0.811 e. The third kappa shape index (κ3) is 253. The molecule has 3 nitrogen and oxygen atoms in total. The summed E-state index contributed by atoms with van der Waals surface area (Å²) in [5, 5.41) is 0. The summed E-state index contributed by atoms with van der Waals surface area (Å²) < 4.78 is 16.6. The van der Waals surface area contributed by atoms with Crippen LogP contribution in [0.4, 0.5) is 0 Å². The molecule has 0 bridgehead atoms. The minimum atomic E-state index is -0.750. The van der Waals surface area contributed by atoms with Gasteiger partial charge >= 0.3 is 17.1 Å². The Morgan fingerprint density at radius 1 is 1.33 bits per heavy atom. The Morgan fingerprint density at radius 3 is 1.33 bits per heavy atom. The van der Waals surface area contributed by atoms with Gasteiger partial charge in [0.2, 0.25) is 0 Å². The van der Waals surface area contributed by atoms with E-state index in [-0.39, 0.29) is 17.1 Å². The molecular formula is CH2CuO3S. The molecule has 0 atom stereocenters. The van der Waals surface area contributed by atoms with Crippen molar-refractivity contribution in [1.82, 2.24) is 0 Å². The van der Waals surface area contributed by atoms with Gasteiger partial charge in [0, 0.05) is 0 Å². The normalized spacial score (nSPS) is 3.67. The van der Waals surface area contributed by atoms with E-state index in [1.54, 1.807) is 0 Å². The first-order valence-corrected chi connectivity index (χ1v) is 1.29. The maximum absolute atomic E-state index is 8.29. The monoisotopic (exact) mass is 157 g/mol. The number of carbonyl (C=O) groups excluding carboxylic acids is 1. The molecule has 0 fully saturated rings. The Kier molecular flexibility index (Phi) is 137. The molecule has 0 aliphatic carbocycles. The van der Waals surface area contributed by atoms with Gasteiger partial charge in [0.1, 0.15) is 6.79 Å². The molecule has 0 amide bonds. The van der Waals surface area contributed by atoms with Crippen molar-refractivity contribution in [3.05, 3.63) is 0 Å². The van der Waals surface area contributed by atoms with Gasteiger partial charge in [-0.3, -0.25) is 0 Å². The Bertz CT molecular complexity index is 14.8. The average molecular weight is 158 g/mol. The standard InChI is InChI=1S/CH2O.Cu.H2O2S/c1-2;;1-3-2/h1H2;;1-2H/q;+2;/p-2. The van der Waals surface area contributed by atoms with Gasteiger partial charge in [0.05, 0.1) is 0 Å². The molecule has 0 spiro atoms. The zero-order valence-corrected chi connectivity index (χ0v) is 4.40. The summed E-state index contributed by atoms with van der Waals surface area (Å²) in [6.45, 7) is 2.00. The van der Waals surface area contributed by atoms with Crippen molar-refractivity contribution < 1.29 is 31.0 Å². The molecule has 0 saturated heterocycles. The minimum absolute atomic E-state index is 0. The van der Waals surface area contributed by atoms with Gasteiger partial charge in [-0.25, -0.2) is 0 Å². The second-order valence-electron chi connectivity index (χ2n) is 0.0680. The first-order chi connectivity index (χ1) is 2.41. The van der Waals surface area contributed by atoms with Gasteiger partial charge in [-0.2, -0.15) is 0 Å². The second kappa shape index (κ2) is 51.0. The van der Waals surface area contributed by atoms with Gasteiger partial charge in [-0.05, 0) is 0 Å². The van der Waals surface area contributed by atoms with E-state index in [2.05, 4.69) is 0 Å². The van der Waals surface area contributed by atoms with Crippen LogP contribution in [0.1, 0.15) is 0 Å². The van der Waals surface area contributed by atoms with E-state index in [1.807, 2.05) is 6.79 Å². The van der Waals surface area contributed by atoms with Crippen LogP contribution in [0.15, 0.2) is 0 Å². The average Bonchev–Trinajstić information content (AvgIpc) is 1.46. The van der Waals surface area contributed by atoms with Gasteiger partial charge in [0.25, 0.3) is 0 Å². The molecule has 0 aliphatic heterocycles. The van der Waals surface area contributed by atoms with Crippen molar-refractivity contribution >= 4 is 19.1 Å². The number of hydrogen-bond donors (Lipinski definition) is 0. The maximum atomic E-state index is 8.29. The third-order valence-electron chi connectivity index (χ3n) is 0. The van der Waals surface area contributed by atoms with Crippen molar-refractivity contribution in [3.63, 3.8) is 0 Å². The summed E-state index contributed by atoms with van der Waals surface area (Å²) in [5.41, 5.74) is 0.